The fourth-order valence-corrected chi connectivity index (χ4v) is 1.96. The summed E-state index contributed by atoms with van der Waals surface area (Å²) in [6.07, 6.45) is 3.29. The highest BCUT2D eigenvalue weighted by Gasteiger charge is 2.20. The molecule has 0 heterocycles. The van der Waals surface area contributed by atoms with Gasteiger partial charge in [-0.3, -0.25) is 4.79 Å². The second-order valence-corrected chi connectivity index (χ2v) is 6.35. The maximum absolute atomic E-state index is 11.8. The number of benzene rings is 1. The van der Waals surface area contributed by atoms with Crippen LogP contribution in [-0.4, -0.2) is 35.9 Å². The van der Waals surface area contributed by atoms with Crippen molar-refractivity contribution < 1.29 is 24.2 Å². The largest absolute Gasteiger partial charge is 0.497 e. The SMILES string of the molecule is COc1ccc(/C=C/CC(CC(=O)O)NC(=O)OC(C)(C)C)cc1. The van der Waals surface area contributed by atoms with Crippen molar-refractivity contribution in [2.45, 2.75) is 45.3 Å². The molecule has 1 aromatic carbocycles. The molecular weight excluding hydrogens is 310 g/mol. The molecule has 1 unspecified atom stereocenters. The fourth-order valence-electron chi connectivity index (χ4n) is 1.96. The Morgan fingerprint density at radius 1 is 1.25 bits per heavy atom. The minimum Gasteiger partial charge on any atom is -0.497 e. The van der Waals surface area contributed by atoms with Gasteiger partial charge in [0.1, 0.15) is 11.4 Å². The molecular formula is C18H25NO5. The van der Waals surface area contributed by atoms with Crippen LogP contribution in [0.5, 0.6) is 5.75 Å². The second-order valence-electron chi connectivity index (χ2n) is 6.35. The third kappa shape index (κ3) is 8.22. The van der Waals surface area contributed by atoms with Gasteiger partial charge < -0.3 is 19.9 Å². The molecule has 1 aromatic rings. The van der Waals surface area contributed by atoms with Crippen molar-refractivity contribution in [3.63, 3.8) is 0 Å². The zero-order chi connectivity index (χ0) is 18.2. The number of ether oxygens (including phenoxy) is 2. The van der Waals surface area contributed by atoms with E-state index >= 15 is 0 Å². The van der Waals surface area contributed by atoms with Crippen LogP contribution >= 0.6 is 0 Å². The van der Waals surface area contributed by atoms with E-state index in [-0.39, 0.29) is 6.42 Å². The van der Waals surface area contributed by atoms with Crippen molar-refractivity contribution >= 4 is 18.1 Å². The molecule has 1 rings (SSSR count). The molecule has 0 fully saturated rings. The summed E-state index contributed by atoms with van der Waals surface area (Å²) in [5, 5.41) is 11.6. The molecule has 1 atom stereocenters. The van der Waals surface area contributed by atoms with Gasteiger partial charge in [-0.25, -0.2) is 4.79 Å². The van der Waals surface area contributed by atoms with E-state index in [9.17, 15) is 9.59 Å². The van der Waals surface area contributed by atoms with Crippen molar-refractivity contribution in [3.8, 4) is 5.75 Å². The molecule has 0 aromatic heterocycles. The molecule has 6 nitrogen and oxygen atoms in total. The van der Waals surface area contributed by atoms with Gasteiger partial charge in [0.25, 0.3) is 0 Å². The molecule has 0 aliphatic rings. The molecule has 0 aliphatic carbocycles. The highest BCUT2D eigenvalue weighted by molar-refractivity contribution is 5.71. The van der Waals surface area contributed by atoms with Crippen LogP contribution < -0.4 is 10.1 Å². The van der Waals surface area contributed by atoms with Crippen LogP contribution in [0.25, 0.3) is 6.08 Å². The minimum atomic E-state index is -0.978. The lowest BCUT2D eigenvalue weighted by Gasteiger charge is -2.22. The van der Waals surface area contributed by atoms with E-state index in [4.69, 9.17) is 14.6 Å². The number of hydrogen-bond donors (Lipinski definition) is 2. The quantitative estimate of drug-likeness (QED) is 0.797. The van der Waals surface area contributed by atoms with Crippen LogP contribution in [0, 0.1) is 0 Å². The Kier molecular flexibility index (Phi) is 7.30. The lowest BCUT2D eigenvalue weighted by atomic mass is 10.1. The Labute approximate surface area is 142 Å². The van der Waals surface area contributed by atoms with E-state index in [1.807, 2.05) is 36.4 Å². The van der Waals surface area contributed by atoms with E-state index in [1.54, 1.807) is 27.9 Å². The predicted octanol–water partition coefficient (Wildman–Crippen LogP) is 3.47. The van der Waals surface area contributed by atoms with Gasteiger partial charge in [-0.05, 0) is 44.9 Å². The summed E-state index contributed by atoms with van der Waals surface area (Å²) in [6, 6.07) is 6.93. The lowest BCUT2D eigenvalue weighted by Crippen LogP contribution is -2.40. The van der Waals surface area contributed by atoms with Crippen molar-refractivity contribution in [3.05, 3.63) is 35.9 Å². The lowest BCUT2D eigenvalue weighted by molar-refractivity contribution is -0.137. The van der Waals surface area contributed by atoms with Crippen molar-refractivity contribution in [1.29, 1.82) is 0 Å². The number of carbonyl (C=O) groups is 2. The fraction of sp³-hybridized carbons (Fsp3) is 0.444. The molecule has 0 radical (unpaired) electrons. The summed E-state index contributed by atoms with van der Waals surface area (Å²) in [6.45, 7) is 5.26. The van der Waals surface area contributed by atoms with Gasteiger partial charge in [-0.2, -0.15) is 0 Å². The number of carboxylic acids is 1. The summed E-state index contributed by atoms with van der Waals surface area (Å²) < 4.78 is 10.2. The van der Waals surface area contributed by atoms with E-state index in [0.717, 1.165) is 11.3 Å². The van der Waals surface area contributed by atoms with Crippen molar-refractivity contribution in [1.82, 2.24) is 5.32 Å². The smallest absolute Gasteiger partial charge is 0.407 e. The maximum atomic E-state index is 11.8. The number of carboxylic acid groups (broad SMARTS) is 1. The minimum absolute atomic E-state index is 0.174. The first-order valence-corrected chi connectivity index (χ1v) is 7.71. The number of methoxy groups -OCH3 is 1. The Balaban J connectivity index is 2.62. The number of amides is 1. The Morgan fingerprint density at radius 3 is 2.38 bits per heavy atom. The number of rotatable bonds is 7. The normalized spacial score (nSPS) is 12.7. The van der Waals surface area contributed by atoms with Crippen LogP contribution in [0.4, 0.5) is 4.79 Å². The first-order chi connectivity index (χ1) is 11.2. The standard InChI is InChI=1S/C18H25NO5/c1-18(2,3)24-17(22)19-14(12-16(20)21)7-5-6-13-8-10-15(23-4)11-9-13/h5-6,8-11,14H,7,12H2,1-4H3,(H,19,22)(H,20,21)/b6-5+. The molecule has 1 amide bonds. The van der Waals surface area contributed by atoms with E-state index in [1.165, 1.54) is 0 Å². The van der Waals surface area contributed by atoms with Crippen LogP contribution in [0.1, 0.15) is 39.2 Å². The molecule has 6 heteroatoms. The third-order valence-corrected chi connectivity index (χ3v) is 2.99. The molecule has 132 valence electrons. The summed E-state index contributed by atoms with van der Waals surface area (Å²) in [5.74, 6) is -0.212. The zero-order valence-electron chi connectivity index (χ0n) is 14.5. The molecule has 0 saturated carbocycles. The number of nitrogens with one attached hydrogen (secondary N) is 1. The van der Waals surface area contributed by atoms with Crippen LogP contribution in [0.2, 0.25) is 0 Å². The van der Waals surface area contributed by atoms with E-state index in [2.05, 4.69) is 5.32 Å². The van der Waals surface area contributed by atoms with E-state index < -0.39 is 23.7 Å². The Morgan fingerprint density at radius 2 is 1.88 bits per heavy atom. The number of hydrogen-bond acceptors (Lipinski definition) is 4. The number of alkyl carbamates (subject to hydrolysis) is 1. The van der Waals surface area contributed by atoms with Crippen LogP contribution in [0.3, 0.4) is 0 Å². The van der Waals surface area contributed by atoms with Crippen LogP contribution in [0.15, 0.2) is 30.3 Å². The molecule has 24 heavy (non-hydrogen) atoms. The monoisotopic (exact) mass is 335 g/mol. The Bertz CT molecular complexity index is 572. The molecule has 0 aliphatic heterocycles. The molecule has 2 N–H and O–H groups in total. The second kappa shape index (κ2) is 8.96. The first-order valence-electron chi connectivity index (χ1n) is 7.71. The zero-order valence-corrected chi connectivity index (χ0v) is 14.5. The third-order valence-electron chi connectivity index (χ3n) is 2.99. The summed E-state index contributed by atoms with van der Waals surface area (Å²) >= 11 is 0. The molecule has 0 saturated heterocycles. The maximum Gasteiger partial charge on any atom is 0.407 e. The summed E-state index contributed by atoms with van der Waals surface area (Å²) in [4.78, 5) is 22.7. The van der Waals surface area contributed by atoms with Crippen LogP contribution in [-0.2, 0) is 9.53 Å². The highest BCUT2D eigenvalue weighted by Crippen LogP contribution is 2.13. The Hall–Kier alpha value is -2.50. The molecule has 0 bridgehead atoms. The summed E-state index contributed by atoms with van der Waals surface area (Å²) in [7, 11) is 1.60. The topological polar surface area (TPSA) is 84.9 Å². The van der Waals surface area contributed by atoms with Crippen molar-refractivity contribution in [2.24, 2.45) is 0 Å². The van der Waals surface area contributed by atoms with Gasteiger partial charge in [0, 0.05) is 6.04 Å². The van der Waals surface area contributed by atoms with Gasteiger partial charge in [0.15, 0.2) is 0 Å². The van der Waals surface area contributed by atoms with Gasteiger partial charge in [0.05, 0.1) is 13.5 Å². The summed E-state index contributed by atoms with van der Waals surface area (Å²) in [5.41, 5.74) is 0.332. The highest BCUT2D eigenvalue weighted by atomic mass is 16.6. The molecule has 0 spiro atoms. The first kappa shape index (κ1) is 19.5. The number of aliphatic carboxylic acids is 1. The van der Waals surface area contributed by atoms with Gasteiger partial charge in [-0.1, -0.05) is 24.3 Å². The van der Waals surface area contributed by atoms with E-state index in [0.29, 0.717) is 6.42 Å². The average molecular weight is 335 g/mol. The predicted molar refractivity (Wildman–Crippen MR) is 92.1 cm³/mol. The van der Waals surface area contributed by atoms with Gasteiger partial charge in [0.2, 0.25) is 0 Å². The van der Waals surface area contributed by atoms with Gasteiger partial charge in [-0.15, -0.1) is 0 Å². The number of carbonyl (C=O) groups excluding carboxylic acids is 1. The average Bonchev–Trinajstić information content (AvgIpc) is 2.45. The van der Waals surface area contributed by atoms with Crippen molar-refractivity contribution in [2.75, 3.05) is 7.11 Å². The van der Waals surface area contributed by atoms with Gasteiger partial charge >= 0.3 is 12.1 Å².